The summed E-state index contributed by atoms with van der Waals surface area (Å²) in [5.74, 6) is -2.55. The first-order valence-electron chi connectivity index (χ1n) is 3.87. The van der Waals surface area contributed by atoms with Gasteiger partial charge in [-0.25, -0.2) is 13.6 Å². The monoisotopic (exact) mass is 178 g/mol. The van der Waals surface area contributed by atoms with Crippen molar-refractivity contribution < 1.29 is 13.6 Å². The molecular weight excluding hydrogens is 166 g/mol. The van der Waals surface area contributed by atoms with Crippen molar-refractivity contribution in [2.75, 3.05) is 13.6 Å². The number of nitrogens with one attached hydrogen (secondary N) is 2. The van der Waals surface area contributed by atoms with E-state index in [0.717, 1.165) is 0 Å². The van der Waals surface area contributed by atoms with Crippen molar-refractivity contribution in [2.24, 2.45) is 5.92 Å². The Bertz CT molecular complexity index is 176. The summed E-state index contributed by atoms with van der Waals surface area (Å²) < 4.78 is 24.5. The zero-order valence-electron chi connectivity index (χ0n) is 6.86. The molecule has 0 bridgehead atoms. The highest BCUT2D eigenvalue weighted by molar-refractivity contribution is 5.73. The van der Waals surface area contributed by atoms with Gasteiger partial charge < -0.3 is 10.6 Å². The maximum absolute atomic E-state index is 12.3. The molecule has 0 heterocycles. The first-order valence-corrected chi connectivity index (χ1v) is 3.87. The van der Waals surface area contributed by atoms with Crippen LogP contribution < -0.4 is 10.6 Å². The van der Waals surface area contributed by atoms with Crippen LogP contribution in [0.1, 0.15) is 12.8 Å². The van der Waals surface area contributed by atoms with E-state index in [1.807, 2.05) is 0 Å². The predicted octanol–water partition coefficient (Wildman–Crippen LogP) is 0.961. The molecule has 0 aliphatic heterocycles. The lowest BCUT2D eigenvalue weighted by molar-refractivity contribution is -0.108. The second kappa shape index (κ2) is 3.25. The van der Waals surface area contributed by atoms with Crippen LogP contribution in [-0.2, 0) is 0 Å². The third kappa shape index (κ3) is 2.32. The summed E-state index contributed by atoms with van der Waals surface area (Å²) in [4.78, 5) is 10.6. The van der Waals surface area contributed by atoms with Crippen LogP contribution in [0.5, 0.6) is 0 Å². The molecule has 0 aromatic heterocycles. The zero-order valence-corrected chi connectivity index (χ0v) is 6.86. The predicted molar refractivity (Wildman–Crippen MR) is 40.1 cm³/mol. The molecular formula is C7H12F2N2O. The molecule has 70 valence electrons. The highest BCUT2D eigenvalue weighted by atomic mass is 19.3. The molecule has 1 aliphatic rings. The van der Waals surface area contributed by atoms with Crippen LogP contribution in [0.2, 0.25) is 0 Å². The van der Waals surface area contributed by atoms with Crippen molar-refractivity contribution >= 4 is 6.03 Å². The van der Waals surface area contributed by atoms with Gasteiger partial charge in [0.2, 0.25) is 5.92 Å². The van der Waals surface area contributed by atoms with Gasteiger partial charge in [0.15, 0.2) is 0 Å². The van der Waals surface area contributed by atoms with Crippen LogP contribution in [-0.4, -0.2) is 25.5 Å². The Morgan fingerprint density at radius 1 is 1.58 bits per heavy atom. The average Bonchev–Trinajstić information content (AvgIpc) is 1.96. The summed E-state index contributed by atoms with van der Waals surface area (Å²) in [5, 5.41) is 4.84. The molecule has 0 radical (unpaired) electrons. The van der Waals surface area contributed by atoms with Crippen molar-refractivity contribution in [2.45, 2.75) is 18.8 Å². The van der Waals surface area contributed by atoms with Gasteiger partial charge in [-0.15, -0.1) is 0 Å². The highest BCUT2D eigenvalue weighted by Gasteiger charge is 2.44. The number of carbonyl (C=O) groups is 1. The number of rotatable bonds is 2. The lowest BCUT2D eigenvalue weighted by Crippen LogP contribution is -2.44. The summed E-state index contributed by atoms with van der Waals surface area (Å²) in [5.41, 5.74) is 0. The van der Waals surface area contributed by atoms with Gasteiger partial charge in [-0.1, -0.05) is 0 Å². The zero-order chi connectivity index (χ0) is 9.19. The molecule has 1 aliphatic carbocycles. The Balaban J connectivity index is 2.08. The molecule has 5 heteroatoms. The number of alkyl halides is 2. The van der Waals surface area contributed by atoms with Crippen LogP contribution in [0.25, 0.3) is 0 Å². The Kier molecular flexibility index (Phi) is 2.49. The summed E-state index contributed by atoms with van der Waals surface area (Å²) in [6.07, 6.45) is -0.200. The van der Waals surface area contributed by atoms with E-state index in [1.165, 1.54) is 7.05 Å². The second-order valence-corrected chi connectivity index (χ2v) is 3.09. The molecule has 2 N–H and O–H groups in total. The molecule has 12 heavy (non-hydrogen) atoms. The molecule has 0 aromatic carbocycles. The number of hydrogen-bond acceptors (Lipinski definition) is 1. The lowest BCUT2D eigenvalue weighted by atomic mass is 9.81. The Hall–Kier alpha value is -0.870. The first kappa shape index (κ1) is 9.22. The van der Waals surface area contributed by atoms with Gasteiger partial charge in [-0.05, 0) is 5.92 Å². The topological polar surface area (TPSA) is 41.1 Å². The largest absolute Gasteiger partial charge is 0.341 e. The molecule has 1 saturated carbocycles. The van der Waals surface area contributed by atoms with Gasteiger partial charge in [0, 0.05) is 26.4 Å². The number of halogens is 2. The van der Waals surface area contributed by atoms with Crippen LogP contribution in [0, 0.1) is 5.92 Å². The van der Waals surface area contributed by atoms with Crippen molar-refractivity contribution in [1.82, 2.24) is 10.6 Å². The maximum atomic E-state index is 12.3. The fourth-order valence-corrected chi connectivity index (χ4v) is 1.25. The van der Waals surface area contributed by atoms with Crippen molar-refractivity contribution in [3.05, 3.63) is 0 Å². The van der Waals surface area contributed by atoms with Crippen LogP contribution in [0.4, 0.5) is 13.6 Å². The van der Waals surface area contributed by atoms with E-state index in [-0.39, 0.29) is 24.8 Å². The van der Waals surface area contributed by atoms with Gasteiger partial charge in [-0.3, -0.25) is 0 Å². The van der Waals surface area contributed by atoms with Crippen LogP contribution in [0.15, 0.2) is 0 Å². The molecule has 1 fully saturated rings. The fraction of sp³-hybridized carbons (Fsp3) is 0.857. The van der Waals surface area contributed by atoms with E-state index in [1.54, 1.807) is 0 Å². The van der Waals surface area contributed by atoms with E-state index in [4.69, 9.17) is 0 Å². The molecule has 0 atom stereocenters. The highest BCUT2D eigenvalue weighted by Crippen LogP contribution is 2.41. The molecule has 0 spiro atoms. The van der Waals surface area contributed by atoms with Gasteiger partial charge in [0.05, 0.1) is 0 Å². The number of urea groups is 1. The Labute approximate surface area is 69.5 Å². The minimum atomic E-state index is -2.49. The third-order valence-electron chi connectivity index (χ3n) is 1.95. The Morgan fingerprint density at radius 2 is 2.17 bits per heavy atom. The van der Waals surface area contributed by atoms with Crippen LogP contribution in [0.3, 0.4) is 0 Å². The summed E-state index contributed by atoms with van der Waals surface area (Å²) in [6.45, 7) is 0.343. The van der Waals surface area contributed by atoms with Crippen molar-refractivity contribution in [3.63, 3.8) is 0 Å². The maximum Gasteiger partial charge on any atom is 0.314 e. The third-order valence-corrected chi connectivity index (χ3v) is 1.95. The molecule has 0 saturated heterocycles. The second-order valence-electron chi connectivity index (χ2n) is 3.09. The average molecular weight is 178 g/mol. The van der Waals surface area contributed by atoms with Gasteiger partial charge in [0.25, 0.3) is 0 Å². The normalized spacial score (nSPS) is 21.2. The van der Waals surface area contributed by atoms with E-state index >= 15 is 0 Å². The number of amides is 2. The van der Waals surface area contributed by atoms with E-state index < -0.39 is 5.92 Å². The van der Waals surface area contributed by atoms with Gasteiger partial charge in [0.1, 0.15) is 0 Å². The quantitative estimate of drug-likeness (QED) is 0.649. The fourth-order valence-electron chi connectivity index (χ4n) is 1.25. The Morgan fingerprint density at radius 3 is 2.58 bits per heavy atom. The molecule has 1 rings (SSSR count). The van der Waals surface area contributed by atoms with Crippen molar-refractivity contribution in [1.29, 1.82) is 0 Å². The number of carbonyl (C=O) groups excluding carboxylic acids is 1. The molecule has 3 nitrogen and oxygen atoms in total. The summed E-state index contributed by atoms with van der Waals surface area (Å²) in [6, 6.07) is -0.315. The molecule has 0 aromatic rings. The molecule has 0 unspecified atom stereocenters. The minimum Gasteiger partial charge on any atom is -0.341 e. The van der Waals surface area contributed by atoms with E-state index in [0.29, 0.717) is 6.54 Å². The molecule has 2 amide bonds. The van der Waals surface area contributed by atoms with Gasteiger partial charge in [-0.2, -0.15) is 0 Å². The van der Waals surface area contributed by atoms with Gasteiger partial charge >= 0.3 is 6.03 Å². The smallest absolute Gasteiger partial charge is 0.314 e. The lowest BCUT2D eigenvalue weighted by Gasteiger charge is -2.34. The summed E-state index contributed by atoms with van der Waals surface area (Å²) in [7, 11) is 1.49. The van der Waals surface area contributed by atoms with E-state index in [9.17, 15) is 13.6 Å². The van der Waals surface area contributed by atoms with Crippen molar-refractivity contribution in [3.8, 4) is 0 Å². The summed E-state index contributed by atoms with van der Waals surface area (Å²) >= 11 is 0. The van der Waals surface area contributed by atoms with Crippen LogP contribution >= 0.6 is 0 Å². The minimum absolute atomic E-state index is 0.0581. The van der Waals surface area contributed by atoms with E-state index in [2.05, 4.69) is 10.6 Å². The number of hydrogen-bond donors (Lipinski definition) is 2. The SMILES string of the molecule is CNC(=O)NCC1CC(F)(F)C1. The first-order chi connectivity index (χ1) is 5.53. The standard InChI is InChI=1S/C7H12F2N2O/c1-10-6(12)11-4-5-2-7(8,9)3-5/h5H,2-4H2,1H3,(H2,10,11,12).